The van der Waals surface area contributed by atoms with Crippen molar-refractivity contribution in [3.8, 4) is 55.3 Å². The van der Waals surface area contributed by atoms with Crippen LogP contribution in [0.1, 0.15) is 0 Å². The zero-order valence-electron chi connectivity index (χ0n) is 16.9. The molecular formula is C21H20N4O4S. The van der Waals surface area contributed by atoms with Gasteiger partial charge in [0, 0.05) is 33.7 Å². The van der Waals surface area contributed by atoms with Gasteiger partial charge in [0.1, 0.15) is 23.0 Å². The van der Waals surface area contributed by atoms with Gasteiger partial charge in [0.25, 0.3) is 0 Å². The highest BCUT2D eigenvalue weighted by Crippen LogP contribution is 2.48. The molecule has 0 unspecified atom stereocenters. The highest BCUT2D eigenvalue weighted by molar-refractivity contribution is 7.19. The highest BCUT2D eigenvalue weighted by atomic mass is 32.1. The minimum Gasteiger partial charge on any atom is -0.497 e. The second-order valence-corrected chi connectivity index (χ2v) is 7.29. The normalized spacial score (nSPS) is 10.7. The lowest BCUT2D eigenvalue weighted by Gasteiger charge is -2.13. The van der Waals surface area contributed by atoms with E-state index in [2.05, 4.69) is 20.6 Å². The van der Waals surface area contributed by atoms with Gasteiger partial charge in [-0.25, -0.2) is 5.10 Å². The van der Waals surface area contributed by atoms with Crippen molar-refractivity contribution < 1.29 is 18.9 Å². The molecule has 30 heavy (non-hydrogen) atoms. The van der Waals surface area contributed by atoms with Crippen LogP contribution in [0.5, 0.6) is 23.0 Å². The van der Waals surface area contributed by atoms with Gasteiger partial charge in [-0.15, -0.1) is 16.4 Å². The number of ether oxygens (including phenoxy) is 4. The van der Waals surface area contributed by atoms with E-state index in [4.69, 9.17) is 18.9 Å². The number of tetrazole rings is 1. The van der Waals surface area contributed by atoms with Crippen LogP contribution < -0.4 is 18.9 Å². The number of hydrogen-bond acceptors (Lipinski definition) is 8. The molecule has 0 aliphatic heterocycles. The third-order valence-corrected chi connectivity index (χ3v) is 5.84. The van der Waals surface area contributed by atoms with Gasteiger partial charge < -0.3 is 18.9 Å². The van der Waals surface area contributed by atoms with Crippen molar-refractivity contribution in [2.75, 3.05) is 28.4 Å². The Morgan fingerprint density at radius 3 is 1.93 bits per heavy atom. The van der Waals surface area contributed by atoms with Crippen molar-refractivity contribution in [2.24, 2.45) is 0 Å². The molecule has 2 heterocycles. The van der Waals surface area contributed by atoms with Crippen LogP contribution in [0.25, 0.3) is 32.3 Å². The molecule has 2 aromatic heterocycles. The van der Waals surface area contributed by atoms with Gasteiger partial charge in [-0.05, 0) is 40.8 Å². The number of hydrogen-bond donors (Lipinski definition) is 1. The number of H-pyrrole nitrogens is 1. The molecule has 4 rings (SSSR count). The van der Waals surface area contributed by atoms with Gasteiger partial charge >= 0.3 is 0 Å². The van der Waals surface area contributed by atoms with E-state index in [1.807, 2.05) is 42.5 Å². The summed E-state index contributed by atoms with van der Waals surface area (Å²) in [6.45, 7) is 0. The number of nitrogens with zero attached hydrogens (tertiary/aromatic N) is 3. The maximum Gasteiger partial charge on any atom is 0.189 e. The van der Waals surface area contributed by atoms with Crippen LogP contribution in [0, 0.1) is 0 Å². The number of thiophene rings is 1. The lowest BCUT2D eigenvalue weighted by Crippen LogP contribution is -1.92. The minimum absolute atomic E-state index is 0.590. The van der Waals surface area contributed by atoms with Gasteiger partial charge in [0.05, 0.1) is 33.3 Å². The fourth-order valence-electron chi connectivity index (χ4n) is 3.18. The maximum absolute atomic E-state index is 5.65. The molecule has 4 aromatic rings. The standard InChI is InChI=1S/C21H20N4O4S/c1-26-12-5-7-14(17(9-12)28-3)16-11-19(21-22-24-25-23-21)30-20(16)15-8-6-13(27-2)10-18(15)29-4/h5-11H,1-4H3,(H,22,23,24,25). The Kier molecular flexibility index (Phi) is 5.53. The lowest BCUT2D eigenvalue weighted by molar-refractivity contribution is 0.395. The first-order valence-corrected chi connectivity index (χ1v) is 9.82. The molecule has 0 saturated heterocycles. The molecule has 8 nitrogen and oxygen atoms in total. The van der Waals surface area contributed by atoms with Crippen LogP contribution in [0.15, 0.2) is 42.5 Å². The third-order valence-electron chi connectivity index (χ3n) is 4.66. The van der Waals surface area contributed by atoms with E-state index in [0.717, 1.165) is 32.2 Å². The molecule has 0 bridgehead atoms. The van der Waals surface area contributed by atoms with Crippen LogP contribution in [-0.4, -0.2) is 49.1 Å². The van der Waals surface area contributed by atoms with Crippen LogP contribution in [0.2, 0.25) is 0 Å². The summed E-state index contributed by atoms with van der Waals surface area (Å²) >= 11 is 1.56. The molecule has 0 atom stereocenters. The van der Waals surface area contributed by atoms with E-state index >= 15 is 0 Å². The maximum atomic E-state index is 5.65. The Bertz CT molecular complexity index is 1090. The number of nitrogens with one attached hydrogen (secondary N) is 1. The molecule has 154 valence electrons. The van der Waals surface area contributed by atoms with E-state index in [0.29, 0.717) is 23.1 Å². The molecule has 0 aliphatic rings. The van der Waals surface area contributed by atoms with Crippen molar-refractivity contribution in [2.45, 2.75) is 0 Å². The highest BCUT2D eigenvalue weighted by Gasteiger charge is 2.21. The summed E-state index contributed by atoms with van der Waals surface area (Å²) < 4.78 is 22.0. The SMILES string of the molecule is COc1ccc(-c2cc(-c3nnn[nH]3)sc2-c2ccc(OC)cc2OC)c(OC)c1. The molecule has 0 fully saturated rings. The summed E-state index contributed by atoms with van der Waals surface area (Å²) in [6, 6.07) is 13.5. The summed E-state index contributed by atoms with van der Waals surface area (Å²) in [5.41, 5.74) is 2.81. The topological polar surface area (TPSA) is 91.4 Å². The Hall–Kier alpha value is -3.59. The van der Waals surface area contributed by atoms with Gasteiger partial charge in [0.15, 0.2) is 5.82 Å². The summed E-state index contributed by atoms with van der Waals surface area (Å²) in [7, 11) is 6.53. The van der Waals surface area contributed by atoms with Crippen LogP contribution in [0.3, 0.4) is 0 Å². The zero-order chi connectivity index (χ0) is 21.1. The Morgan fingerprint density at radius 1 is 0.733 bits per heavy atom. The van der Waals surface area contributed by atoms with E-state index < -0.39 is 0 Å². The minimum atomic E-state index is 0.590. The van der Waals surface area contributed by atoms with Crippen molar-refractivity contribution in [3.63, 3.8) is 0 Å². The molecule has 2 aromatic carbocycles. The van der Waals surface area contributed by atoms with Crippen LogP contribution in [0.4, 0.5) is 0 Å². The summed E-state index contributed by atoms with van der Waals surface area (Å²) in [5.74, 6) is 3.42. The van der Waals surface area contributed by atoms with E-state index in [1.54, 1.807) is 39.8 Å². The first-order valence-electron chi connectivity index (χ1n) is 9.01. The first-order chi connectivity index (χ1) is 14.7. The molecule has 0 spiro atoms. The number of rotatable bonds is 7. The molecule has 0 saturated carbocycles. The fourth-order valence-corrected chi connectivity index (χ4v) is 4.32. The van der Waals surface area contributed by atoms with Crippen molar-refractivity contribution in [1.82, 2.24) is 20.6 Å². The monoisotopic (exact) mass is 424 g/mol. The first kappa shape index (κ1) is 19.7. The Morgan fingerprint density at radius 2 is 1.37 bits per heavy atom. The number of methoxy groups -OCH3 is 4. The molecule has 9 heteroatoms. The third kappa shape index (κ3) is 3.55. The van der Waals surface area contributed by atoms with Crippen molar-refractivity contribution in [1.29, 1.82) is 0 Å². The Labute approximate surface area is 177 Å². The quantitative estimate of drug-likeness (QED) is 0.473. The number of aromatic amines is 1. The van der Waals surface area contributed by atoms with Gasteiger partial charge in [-0.1, -0.05) is 0 Å². The average molecular weight is 424 g/mol. The largest absolute Gasteiger partial charge is 0.497 e. The summed E-state index contributed by atoms with van der Waals surface area (Å²) in [4.78, 5) is 1.88. The number of benzene rings is 2. The van der Waals surface area contributed by atoms with Crippen molar-refractivity contribution in [3.05, 3.63) is 42.5 Å². The van der Waals surface area contributed by atoms with Crippen LogP contribution >= 0.6 is 11.3 Å². The molecular weight excluding hydrogens is 404 g/mol. The van der Waals surface area contributed by atoms with Crippen molar-refractivity contribution >= 4 is 11.3 Å². The summed E-state index contributed by atoms with van der Waals surface area (Å²) in [5, 5.41) is 14.3. The average Bonchev–Trinajstić information content (AvgIpc) is 3.48. The van der Waals surface area contributed by atoms with E-state index in [1.165, 1.54) is 0 Å². The smallest absolute Gasteiger partial charge is 0.189 e. The van der Waals surface area contributed by atoms with Gasteiger partial charge in [0.2, 0.25) is 0 Å². The molecule has 0 radical (unpaired) electrons. The van der Waals surface area contributed by atoms with Gasteiger partial charge in [-0.3, -0.25) is 0 Å². The number of aromatic nitrogens is 4. The predicted octanol–water partition coefficient (Wildman–Crippen LogP) is 4.30. The van der Waals surface area contributed by atoms with E-state index in [-0.39, 0.29) is 0 Å². The van der Waals surface area contributed by atoms with Crippen LogP contribution in [-0.2, 0) is 0 Å². The lowest BCUT2D eigenvalue weighted by atomic mass is 10.0. The molecule has 0 amide bonds. The second-order valence-electron chi connectivity index (χ2n) is 6.24. The second kappa shape index (κ2) is 8.42. The Balaban J connectivity index is 1.95. The predicted molar refractivity (Wildman–Crippen MR) is 115 cm³/mol. The van der Waals surface area contributed by atoms with Gasteiger partial charge in [-0.2, -0.15) is 0 Å². The molecule has 1 N–H and O–H groups in total. The zero-order valence-corrected chi connectivity index (χ0v) is 17.7. The molecule has 0 aliphatic carbocycles. The van der Waals surface area contributed by atoms with E-state index in [9.17, 15) is 0 Å². The fraction of sp³-hybridized carbons (Fsp3) is 0.190. The summed E-state index contributed by atoms with van der Waals surface area (Å²) in [6.07, 6.45) is 0.